The van der Waals surface area contributed by atoms with Crippen molar-refractivity contribution in [2.24, 2.45) is 0 Å². The van der Waals surface area contributed by atoms with Gasteiger partial charge in [0.05, 0.1) is 33.4 Å². The number of nitrogens with zero attached hydrogens (tertiary/aromatic N) is 2. The van der Waals surface area contributed by atoms with Crippen LogP contribution in [0.1, 0.15) is 95.2 Å². The predicted octanol–water partition coefficient (Wildman–Crippen LogP) is 29.5. The van der Waals surface area contributed by atoms with Crippen molar-refractivity contribution in [3.05, 3.63) is 444 Å². The zero-order valence-electron chi connectivity index (χ0n) is 64.0. The fraction of sp³-hybridized carbons (Fsp3) is 0.0714. The predicted molar refractivity (Wildman–Crippen MR) is 479 cm³/mol. The zero-order chi connectivity index (χ0) is 75.7. The number of fused-ring (bicyclic) bond motifs is 22. The van der Waals surface area contributed by atoms with Crippen LogP contribution in [-0.4, -0.2) is 9.13 Å². The van der Waals surface area contributed by atoms with Gasteiger partial charge in [0, 0.05) is 60.5 Å². The van der Waals surface area contributed by atoms with E-state index in [4.69, 9.17) is 0 Å². The molecule has 0 bridgehead atoms. The Hall–Kier alpha value is -13.9. The molecule has 4 aliphatic carbocycles. The molecule has 0 N–H and O–H groups in total. The summed E-state index contributed by atoms with van der Waals surface area (Å²) in [5, 5.41) is 10.2. The third-order valence-corrected chi connectivity index (χ3v) is 26.2. The van der Waals surface area contributed by atoms with Crippen LogP contribution >= 0.6 is 0 Å². The Morgan fingerprint density at radius 1 is 0.219 bits per heavy atom. The molecule has 0 saturated heterocycles. The summed E-state index contributed by atoms with van der Waals surface area (Å²) in [6.07, 6.45) is 0. The lowest BCUT2D eigenvalue weighted by Crippen LogP contribution is -2.16. The van der Waals surface area contributed by atoms with Gasteiger partial charge in [-0.05, 0) is 198 Å². The van der Waals surface area contributed by atoms with Crippen molar-refractivity contribution in [1.29, 1.82) is 0 Å². The molecule has 0 spiro atoms. The Morgan fingerprint density at radius 2 is 0.605 bits per heavy atom. The van der Waals surface area contributed by atoms with E-state index >= 15 is 0 Å². The average Bonchev–Trinajstić information content (AvgIpc) is 1.54. The van der Waals surface area contributed by atoms with Crippen LogP contribution in [0.25, 0.3) is 166 Å². The van der Waals surface area contributed by atoms with Crippen LogP contribution in [0.5, 0.6) is 0 Å². The minimum Gasteiger partial charge on any atom is -0.308 e. The topological polar surface area (TPSA) is 9.86 Å². The van der Waals surface area contributed by atoms with Gasteiger partial charge in [-0.2, -0.15) is 0 Å². The molecule has 536 valence electrons. The fourth-order valence-corrected chi connectivity index (χ4v) is 20.8. The third-order valence-electron chi connectivity index (χ3n) is 26.2. The quantitative estimate of drug-likeness (QED) is 0.143. The van der Waals surface area contributed by atoms with E-state index in [1.165, 1.54) is 221 Å². The second kappa shape index (κ2) is 25.3. The van der Waals surface area contributed by atoms with Gasteiger partial charge >= 0.3 is 0 Å². The van der Waals surface area contributed by atoms with Crippen LogP contribution in [0.4, 0.5) is 0 Å². The molecular formula is C112H78N2. The maximum Gasteiger partial charge on any atom is 0.0622 e. The van der Waals surface area contributed by atoms with Gasteiger partial charge in [0.2, 0.25) is 0 Å². The molecule has 2 heterocycles. The van der Waals surface area contributed by atoms with Crippen molar-refractivity contribution < 1.29 is 0 Å². The number of hydrogen-bond acceptors (Lipinski definition) is 0. The molecule has 2 atom stereocenters. The molecular weight excluding hydrogens is 1370 g/mol. The molecule has 20 aromatic rings. The Bertz CT molecular complexity index is 7380. The van der Waals surface area contributed by atoms with E-state index in [-0.39, 0.29) is 22.7 Å². The summed E-state index contributed by atoms with van der Waals surface area (Å²) >= 11 is 0. The van der Waals surface area contributed by atoms with Crippen LogP contribution in [0, 0.1) is 0 Å². The van der Waals surface area contributed by atoms with Gasteiger partial charge in [-0.1, -0.05) is 367 Å². The number of benzene rings is 18. The summed E-state index contributed by atoms with van der Waals surface area (Å²) < 4.78 is 5.12. The molecule has 2 heteroatoms. The maximum absolute atomic E-state index is 2.57. The van der Waals surface area contributed by atoms with Crippen molar-refractivity contribution in [2.45, 2.75) is 50.4 Å². The molecule has 0 radical (unpaired) electrons. The van der Waals surface area contributed by atoms with Crippen LogP contribution in [-0.2, 0) is 10.8 Å². The molecule has 24 rings (SSSR count). The van der Waals surface area contributed by atoms with Crippen LogP contribution < -0.4 is 0 Å². The second-order valence-electron chi connectivity index (χ2n) is 32.9. The van der Waals surface area contributed by atoms with Crippen LogP contribution in [0.15, 0.2) is 388 Å². The number of rotatable bonds is 8. The second-order valence-corrected chi connectivity index (χ2v) is 32.9. The van der Waals surface area contributed by atoms with Gasteiger partial charge in [0.1, 0.15) is 0 Å². The highest BCUT2D eigenvalue weighted by Crippen LogP contribution is 2.58. The van der Waals surface area contributed by atoms with E-state index in [9.17, 15) is 0 Å². The van der Waals surface area contributed by atoms with Gasteiger partial charge in [-0.25, -0.2) is 0 Å². The van der Waals surface area contributed by atoms with Gasteiger partial charge in [0.25, 0.3) is 0 Å². The van der Waals surface area contributed by atoms with E-state index in [1.54, 1.807) is 0 Å². The first-order valence-electron chi connectivity index (χ1n) is 40.3. The molecule has 0 fully saturated rings. The molecule has 18 aromatic carbocycles. The third kappa shape index (κ3) is 9.87. The van der Waals surface area contributed by atoms with E-state index in [2.05, 4.69) is 425 Å². The molecule has 0 saturated carbocycles. The van der Waals surface area contributed by atoms with Crippen molar-refractivity contribution in [2.75, 3.05) is 0 Å². The summed E-state index contributed by atoms with van der Waals surface area (Å²) in [5.41, 5.74) is 41.6. The van der Waals surface area contributed by atoms with Crippen molar-refractivity contribution in [3.63, 3.8) is 0 Å². The summed E-state index contributed by atoms with van der Waals surface area (Å²) in [6.45, 7) is 9.56. The fourth-order valence-electron chi connectivity index (χ4n) is 20.8. The van der Waals surface area contributed by atoms with E-state index in [0.717, 1.165) is 0 Å². The largest absolute Gasteiger partial charge is 0.308 e. The molecule has 0 amide bonds. The Balaban J connectivity index is 0.000000135. The Kier molecular flexibility index (Phi) is 14.6. The van der Waals surface area contributed by atoms with Crippen molar-refractivity contribution >= 4 is 65.2 Å². The number of aromatic nitrogens is 2. The first kappa shape index (κ1) is 65.9. The van der Waals surface area contributed by atoms with E-state index in [0.29, 0.717) is 0 Å². The van der Waals surface area contributed by atoms with Crippen LogP contribution in [0.2, 0.25) is 0 Å². The average molecular weight is 1450 g/mol. The monoisotopic (exact) mass is 1450 g/mol. The first-order valence-corrected chi connectivity index (χ1v) is 40.3. The molecule has 2 unspecified atom stereocenters. The normalized spacial score (nSPS) is 14.8. The summed E-state index contributed by atoms with van der Waals surface area (Å²) in [7, 11) is 0. The SMILES string of the molecule is CC1(C)c2ccccc2-c2c1ccc1c3cc(-c4ccc5c(c4)-c4ccccc4C5c4ccc(-c5ccccc5)cc4)ccc3n(-c3cccc4ccccc34)c21.CC1(C)c2ccccc2-c2ccc3c4cc(-c5ccc6c(c5)-c5ccccc5C6c5ccc(-c6ccccc6)cc5)ccc4n(-c4cccc5ccccc45)c3c21. The zero-order valence-corrected chi connectivity index (χ0v) is 64.0. The number of hydrogen-bond donors (Lipinski definition) is 0. The molecule has 2 aromatic heterocycles. The first-order chi connectivity index (χ1) is 56.1. The lowest BCUT2D eigenvalue weighted by Gasteiger charge is -2.24. The van der Waals surface area contributed by atoms with Gasteiger partial charge in [-0.3, -0.25) is 0 Å². The molecule has 0 aliphatic heterocycles. The molecule has 4 aliphatic rings. The minimum atomic E-state index is -0.156. The van der Waals surface area contributed by atoms with E-state index in [1.807, 2.05) is 0 Å². The van der Waals surface area contributed by atoms with Gasteiger partial charge in [-0.15, -0.1) is 0 Å². The van der Waals surface area contributed by atoms with E-state index < -0.39 is 0 Å². The summed E-state index contributed by atoms with van der Waals surface area (Å²) in [6, 6.07) is 145. The highest BCUT2D eigenvalue weighted by atomic mass is 15.0. The van der Waals surface area contributed by atoms with Crippen molar-refractivity contribution in [1.82, 2.24) is 9.13 Å². The Morgan fingerprint density at radius 3 is 1.14 bits per heavy atom. The molecule has 2 nitrogen and oxygen atoms in total. The standard InChI is InChI=1S/2C56H39N/c1-56(2)50-21-11-10-19-43(50)46-30-31-47-49-34-40(28-32-52(49)57(55(47)54(46)56)51-22-12-16-37-15-6-7-17-41(37)51)39-27-29-45-48(33-39)42-18-8-9-20-44(42)53(45)38-25-23-36(24-26-38)35-13-4-3-5-14-35;1-56(2)49-21-11-10-20-46(49)54-50(56)31-30-45-48-34-40(28-32-52(48)57(55(45)54)51-22-12-16-37-15-6-7-17-41(37)51)39-27-29-44-47(33-39)42-18-8-9-19-43(42)53(44)38-25-23-36(24-26-38)35-13-4-3-5-14-35/h2*3-34,53H,1-2H3. The van der Waals surface area contributed by atoms with Crippen LogP contribution in [0.3, 0.4) is 0 Å². The smallest absolute Gasteiger partial charge is 0.0622 e. The minimum absolute atomic E-state index is 0.0895. The Labute approximate surface area is 664 Å². The molecule has 114 heavy (non-hydrogen) atoms. The highest BCUT2D eigenvalue weighted by molar-refractivity contribution is 6.18. The summed E-state index contributed by atoms with van der Waals surface area (Å²) in [5.74, 6) is 0.399. The lowest BCUT2D eigenvalue weighted by molar-refractivity contribution is 0.661. The summed E-state index contributed by atoms with van der Waals surface area (Å²) in [4.78, 5) is 0. The highest BCUT2D eigenvalue weighted by Gasteiger charge is 2.41. The van der Waals surface area contributed by atoms with Gasteiger partial charge in [0.15, 0.2) is 0 Å². The lowest BCUT2D eigenvalue weighted by atomic mass is 9.81. The van der Waals surface area contributed by atoms with Crippen molar-refractivity contribution in [3.8, 4) is 100 Å². The van der Waals surface area contributed by atoms with Gasteiger partial charge < -0.3 is 9.13 Å². The maximum atomic E-state index is 2.57.